The number of halogens is 1. The van der Waals surface area contributed by atoms with Crippen LogP contribution in [0.15, 0.2) is 18.2 Å². The summed E-state index contributed by atoms with van der Waals surface area (Å²) < 4.78 is 13.4. The molecule has 0 saturated heterocycles. The molecular formula is C10H14FN3O. The van der Waals surface area contributed by atoms with Crippen LogP contribution < -0.4 is 11.1 Å². The quantitative estimate of drug-likeness (QED) is 0.776. The summed E-state index contributed by atoms with van der Waals surface area (Å²) in [5.74, 6) is -0.479. The molecule has 1 aromatic rings. The highest BCUT2D eigenvalue weighted by molar-refractivity contribution is 5.89. The summed E-state index contributed by atoms with van der Waals surface area (Å²) in [6.45, 7) is 0.277. The number of hydrogen-bond donors (Lipinski definition) is 2. The number of urea groups is 1. The third kappa shape index (κ3) is 2.92. The Balaban J connectivity index is 2.83. The Labute approximate surface area is 87.9 Å². The van der Waals surface area contributed by atoms with E-state index in [4.69, 9.17) is 5.73 Å². The minimum Gasteiger partial charge on any atom is -0.331 e. The zero-order valence-corrected chi connectivity index (χ0v) is 8.75. The minimum atomic E-state index is -0.479. The fraction of sp³-hybridized carbons (Fsp3) is 0.300. The van der Waals surface area contributed by atoms with Crippen LogP contribution in [0.25, 0.3) is 0 Å². The van der Waals surface area contributed by atoms with Crippen molar-refractivity contribution in [3.8, 4) is 0 Å². The molecule has 0 aliphatic rings. The Hall–Kier alpha value is -1.62. The number of nitrogens with two attached hydrogens (primary N) is 1. The molecule has 82 valence electrons. The van der Waals surface area contributed by atoms with Crippen molar-refractivity contribution in [3.05, 3.63) is 29.6 Å². The predicted octanol–water partition coefficient (Wildman–Crippen LogP) is 1.38. The van der Waals surface area contributed by atoms with Crippen LogP contribution in [0.1, 0.15) is 5.56 Å². The molecule has 0 unspecified atom stereocenters. The van der Waals surface area contributed by atoms with Crippen molar-refractivity contribution in [1.82, 2.24) is 4.90 Å². The van der Waals surface area contributed by atoms with E-state index in [1.807, 2.05) is 0 Å². The minimum absolute atomic E-state index is 0.158. The van der Waals surface area contributed by atoms with Gasteiger partial charge < -0.3 is 16.0 Å². The van der Waals surface area contributed by atoms with E-state index in [-0.39, 0.29) is 18.3 Å². The summed E-state index contributed by atoms with van der Waals surface area (Å²) in [5, 5.41) is 2.43. The standard InChI is InChI=1S/C10H14FN3O/c1-14(2)10(15)13-9-4-3-7(6-12)5-8(9)11/h3-5H,6,12H2,1-2H3,(H,13,15). The number of nitrogens with zero attached hydrogens (tertiary/aromatic N) is 1. The van der Waals surface area contributed by atoms with E-state index in [2.05, 4.69) is 5.32 Å². The van der Waals surface area contributed by atoms with Gasteiger partial charge in [-0.05, 0) is 17.7 Å². The number of rotatable bonds is 2. The number of carbonyl (C=O) groups is 1. The Morgan fingerprint density at radius 2 is 2.20 bits per heavy atom. The zero-order valence-electron chi connectivity index (χ0n) is 8.75. The van der Waals surface area contributed by atoms with Crippen LogP contribution in [0.5, 0.6) is 0 Å². The van der Waals surface area contributed by atoms with Gasteiger partial charge in [0, 0.05) is 20.6 Å². The van der Waals surface area contributed by atoms with Gasteiger partial charge in [0.1, 0.15) is 5.82 Å². The third-order valence-electron chi connectivity index (χ3n) is 1.92. The number of nitrogens with one attached hydrogen (secondary N) is 1. The molecule has 1 aromatic carbocycles. The Morgan fingerprint density at radius 3 is 2.67 bits per heavy atom. The van der Waals surface area contributed by atoms with Crippen LogP contribution in [-0.2, 0) is 6.54 Å². The van der Waals surface area contributed by atoms with Gasteiger partial charge in [-0.3, -0.25) is 0 Å². The van der Waals surface area contributed by atoms with Crippen molar-refractivity contribution in [2.75, 3.05) is 19.4 Å². The molecule has 0 aliphatic heterocycles. The second-order valence-electron chi connectivity index (χ2n) is 3.34. The van der Waals surface area contributed by atoms with Gasteiger partial charge in [0.25, 0.3) is 0 Å². The molecule has 0 spiro atoms. The second-order valence-corrected chi connectivity index (χ2v) is 3.34. The molecule has 0 aliphatic carbocycles. The fourth-order valence-electron chi connectivity index (χ4n) is 1.01. The third-order valence-corrected chi connectivity index (χ3v) is 1.92. The summed E-state index contributed by atoms with van der Waals surface area (Å²) >= 11 is 0. The van der Waals surface area contributed by atoms with E-state index in [9.17, 15) is 9.18 Å². The number of anilines is 1. The topological polar surface area (TPSA) is 58.4 Å². The molecule has 0 bridgehead atoms. The van der Waals surface area contributed by atoms with Crippen molar-refractivity contribution in [1.29, 1.82) is 0 Å². The molecule has 0 fully saturated rings. The van der Waals surface area contributed by atoms with Gasteiger partial charge >= 0.3 is 6.03 Å². The summed E-state index contributed by atoms with van der Waals surface area (Å²) in [4.78, 5) is 12.6. The SMILES string of the molecule is CN(C)C(=O)Nc1ccc(CN)cc1F. The van der Waals surface area contributed by atoms with Gasteiger partial charge in [0.2, 0.25) is 0 Å². The molecule has 1 rings (SSSR count). The smallest absolute Gasteiger partial charge is 0.321 e. The van der Waals surface area contributed by atoms with E-state index < -0.39 is 5.82 Å². The maximum Gasteiger partial charge on any atom is 0.321 e. The van der Waals surface area contributed by atoms with Crippen molar-refractivity contribution < 1.29 is 9.18 Å². The van der Waals surface area contributed by atoms with Crippen molar-refractivity contribution in [3.63, 3.8) is 0 Å². The number of carbonyl (C=O) groups excluding carboxylic acids is 1. The highest BCUT2D eigenvalue weighted by Gasteiger charge is 2.08. The molecule has 0 atom stereocenters. The van der Waals surface area contributed by atoms with E-state index in [0.29, 0.717) is 5.56 Å². The summed E-state index contributed by atoms with van der Waals surface area (Å²) in [6.07, 6.45) is 0. The van der Waals surface area contributed by atoms with E-state index in [1.165, 1.54) is 17.0 Å². The molecule has 4 nitrogen and oxygen atoms in total. The van der Waals surface area contributed by atoms with Gasteiger partial charge in [0.15, 0.2) is 0 Å². The van der Waals surface area contributed by atoms with Gasteiger partial charge in [-0.1, -0.05) is 6.07 Å². The molecular weight excluding hydrogens is 197 g/mol. The van der Waals surface area contributed by atoms with Crippen LogP contribution in [0.4, 0.5) is 14.9 Å². The monoisotopic (exact) mass is 211 g/mol. The maximum absolute atomic E-state index is 13.4. The lowest BCUT2D eigenvalue weighted by Gasteiger charge is -2.12. The molecule has 3 N–H and O–H groups in total. The van der Waals surface area contributed by atoms with Crippen LogP contribution in [0.3, 0.4) is 0 Å². The molecule has 0 aromatic heterocycles. The lowest BCUT2D eigenvalue weighted by atomic mass is 10.2. The van der Waals surface area contributed by atoms with Gasteiger partial charge in [-0.2, -0.15) is 0 Å². The number of hydrogen-bond acceptors (Lipinski definition) is 2. The Morgan fingerprint density at radius 1 is 1.53 bits per heavy atom. The van der Waals surface area contributed by atoms with Crippen molar-refractivity contribution in [2.45, 2.75) is 6.54 Å². The normalized spacial score (nSPS) is 9.87. The highest BCUT2D eigenvalue weighted by atomic mass is 19.1. The van der Waals surface area contributed by atoms with Gasteiger partial charge in [-0.15, -0.1) is 0 Å². The van der Waals surface area contributed by atoms with E-state index in [0.717, 1.165) is 0 Å². The van der Waals surface area contributed by atoms with E-state index in [1.54, 1.807) is 20.2 Å². The average molecular weight is 211 g/mol. The molecule has 15 heavy (non-hydrogen) atoms. The largest absolute Gasteiger partial charge is 0.331 e. The molecule has 0 heterocycles. The van der Waals surface area contributed by atoms with Crippen LogP contribution in [0, 0.1) is 5.82 Å². The van der Waals surface area contributed by atoms with Crippen molar-refractivity contribution >= 4 is 11.7 Å². The highest BCUT2D eigenvalue weighted by Crippen LogP contribution is 2.15. The Bertz CT molecular complexity index is 366. The molecule has 0 saturated carbocycles. The molecule has 2 amide bonds. The van der Waals surface area contributed by atoms with Crippen LogP contribution >= 0.6 is 0 Å². The van der Waals surface area contributed by atoms with Gasteiger partial charge in [-0.25, -0.2) is 9.18 Å². The summed E-state index contributed by atoms with van der Waals surface area (Å²) in [7, 11) is 3.17. The lowest BCUT2D eigenvalue weighted by molar-refractivity contribution is 0.230. The maximum atomic E-state index is 13.4. The average Bonchev–Trinajstić information content (AvgIpc) is 2.20. The zero-order chi connectivity index (χ0) is 11.4. The van der Waals surface area contributed by atoms with Gasteiger partial charge in [0.05, 0.1) is 5.69 Å². The van der Waals surface area contributed by atoms with Crippen molar-refractivity contribution in [2.24, 2.45) is 5.73 Å². The molecule has 0 radical (unpaired) electrons. The predicted molar refractivity (Wildman–Crippen MR) is 57.0 cm³/mol. The lowest BCUT2D eigenvalue weighted by Crippen LogP contribution is -2.27. The first-order chi connectivity index (χ1) is 7.04. The fourth-order valence-corrected chi connectivity index (χ4v) is 1.01. The van der Waals surface area contributed by atoms with Crippen LogP contribution in [-0.4, -0.2) is 25.0 Å². The first kappa shape index (κ1) is 11.5. The Kier molecular flexibility index (Phi) is 3.62. The number of benzene rings is 1. The number of amides is 2. The first-order valence-electron chi connectivity index (χ1n) is 4.51. The van der Waals surface area contributed by atoms with Crippen LogP contribution in [0.2, 0.25) is 0 Å². The van der Waals surface area contributed by atoms with E-state index >= 15 is 0 Å². The summed E-state index contributed by atoms with van der Waals surface area (Å²) in [6, 6.07) is 4.12. The second kappa shape index (κ2) is 4.75. The molecule has 5 heteroatoms. The summed E-state index contributed by atoms with van der Waals surface area (Å²) in [5.41, 5.74) is 6.20. The first-order valence-corrected chi connectivity index (χ1v) is 4.51.